The molecule has 0 aromatic heterocycles. The Morgan fingerprint density at radius 2 is 2.00 bits per heavy atom. The molecule has 6 heteroatoms. The number of amides is 1. The van der Waals surface area contributed by atoms with Crippen molar-refractivity contribution in [2.24, 2.45) is 0 Å². The molecule has 3 atom stereocenters. The third-order valence-corrected chi connectivity index (χ3v) is 3.30. The summed E-state index contributed by atoms with van der Waals surface area (Å²) in [5.74, 6) is -1.05. The van der Waals surface area contributed by atoms with E-state index >= 15 is 0 Å². The quantitative estimate of drug-likeness (QED) is 0.845. The molecule has 21 heavy (non-hydrogen) atoms. The molecule has 0 aromatic carbocycles. The summed E-state index contributed by atoms with van der Waals surface area (Å²) in [4.78, 5) is 25.3. The molecule has 0 saturated carbocycles. The number of nitrogens with zero attached hydrogens (tertiary/aromatic N) is 1. The van der Waals surface area contributed by atoms with Crippen molar-refractivity contribution in [3.8, 4) is 0 Å². The number of carboxylic acids is 1. The lowest BCUT2D eigenvalue weighted by Gasteiger charge is -2.33. The smallest absolute Gasteiger partial charge is 0.411 e. The van der Waals surface area contributed by atoms with Gasteiger partial charge < -0.3 is 14.6 Å². The van der Waals surface area contributed by atoms with Crippen LogP contribution in [0.15, 0.2) is 0 Å². The zero-order valence-electron chi connectivity index (χ0n) is 13.6. The molecule has 3 unspecified atom stereocenters. The van der Waals surface area contributed by atoms with Crippen molar-refractivity contribution in [2.75, 3.05) is 6.54 Å². The van der Waals surface area contributed by atoms with Gasteiger partial charge >= 0.3 is 12.1 Å². The fraction of sp³-hybridized carbons (Fsp3) is 0.867. The number of hydrogen-bond donors (Lipinski definition) is 1. The second-order valence-corrected chi connectivity index (χ2v) is 6.52. The molecule has 1 saturated heterocycles. The van der Waals surface area contributed by atoms with Crippen molar-refractivity contribution >= 4 is 12.1 Å². The summed E-state index contributed by atoms with van der Waals surface area (Å²) >= 11 is 0. The lowest BCUT2D eigenvalue weighted by atomic mass is 10.1. The van der Waals surface area contributed by atoms with Crippen molar-refractivity contribution in [1.82, 2.24) is 4.90 Å². The van der Waals surface area contributed by atoms with Gasteiger partial charge in [0.15, 0.2) is 6.04 Å². The molecular formula is C15H27NO5. The van der Waals surface area contributed by atoms with Crippen LogP contribution in [-0.2, 0) is 14.3 Å². The standard InChI is InChI=1S/C15H27NO5/c1-6-9-16(14(19)21-15(3,4)5)12(13(17)18)11-8-7-10(2)20-11/h10-12H,6-9H2,1-5H3,(H,17,18). The minimum absolute atomic E-state index is 0.0268. The Kier molecular flexibility index (Phi) is 6.01. The van der Waals surface area contributed by atoms with Crippen LogP contribution in [0.25, 0.3) is 0 Å². The first kappa shape index (κ1) is 17.8. The van der Waals surface area contributed by atoms with Crippen LogP contribution in [0.3, 0.4) is 0 Å². The Morgan fingerprint density at radius 3 is 2.38 bits per heavy atom. The highest BCUT2D eigenvalue weighted by molar-refractivity contribution is 5.81. The van der Waals surface area contributed by atoms with E-state index in [4.69, 9.17) is 9.47 Å². The predicted molar refractivity (Wildman–Crippen MR) is 78.2 cm³/mol. The van der Waals surface area contributed by atoms with E-state index in [1.807, 2.05) is 13.8 Å². The predicted octanol–water partition coefficient (Wildman–Crippen LogP) is 2.65. The Hall–Kier alpha value is -1.30. The molecule has 0 aromatic rings. The van der Waals surface area contributed by atoms with Crippen molar-refractivity contribution in [1.29, 1.82) is 0 Å². The van der Waals surface area contributed by atoms with Crippen LogP contribution >= 0.6 is 0 Å². The number of rotatable bonds is 5. The highest BCUT2D eigenvalue weighted by Gasteiger charge is 2.41. The molecule has 1 aliphatic rings. The molecule has 122 valence electrons. The average molecular weight is 301 g/mol. The molecule has 1 amide bonds. The van der Waals surface area contributed by atoms with Crippen molar-refractivity contribution in [2.45, 2.75) is 77.7 Å². The molecule has 1 fully saturated rings. The van der Waals surface area contributed by atoms with E-state index in [-0.39, 0.29) is 6.10 Å². The van der Waals surface area contributed by atoms with Crippen LogP contribution in [0.5, 0.6) is 0 Å². The molecular weight excluding hydrogens is 274 g/mol. The van der Waals surface area contributed by atoms with Crippen molar-refractivity contribution < 1.29 is 24.2 Å². The molecule has 1 N–H and O–H groups in total. The lowest BCUT2D eigenvalue weighted by Crippen LogP contribution is -2.53. The monoisotopic (exact) mass is 301 g/mol. The summed E-state index contributed by atoms with van der Waals surface area (Å²) in [6.07, 6.45) is 1.06. The maximum Gasteiger partial charge on any atom is 0.411 e. The Bertz CT molecular complexity index is 377. The van der Waals surface area contributed by atoms with Crippen LogP contribution in [0.4, 0.5) is 4.79 Å². The molecule has 6 nitrogen and oxygen atoms in total. The van der Waals surface area contributed by atoms with E-state index in [9.17, 15) is 14.7 Å². The summed E-state index contributed by atoms with van der Waals surface area (Å²) in [6.45, 7) is 9.43. The molecule has 1 rings (SSSR count). The van der Waals surface area contributed by atoms with E-state index in [1.54, 1.807) is 20.8 Å². The van der Waals surface area contributed by atoms with Gasteiger partial charge in [-0.3, -0.25) is 4.90 Å². The maximum absolute atomic E-state index is 12.3. The highest BCUT2D eigenvalue weighted by atomic mass is 16.6. The van der Waals surface area contributed by atoms with Gasteiger partial charge in [-0.1, -0.05) is 6.92 Å². The topological polar surface area (TPSA) is 76.1 Å². The molecule has 1 aliphatic heterocycles. The number of ether oxygens (including phenoxy) is 2. The summed E-state index contributed by atoms with van der Waals surface area (Å²) in [5.41, 5.74) is -0.657. The highest BCUT2D eigenvalue weighted by Crippen LogP contribution is 2.26. The summed E-state index contributed by atoms with van der Waals surface area (Å²) < 4.78 is 11.0. The molecule has 1 heterocycles. The van der Waals surface area contributed by atoms with Gasteiger partial charge in [-0.25, -0.2) is 9.59 Å². The zero-order valence-corrected chi connectivity index (χ0v) is 13.6. The Labute approximate surface area is 126 Å². The summed E-state index contributed by atoms with van der Waals surface area (Å²) in [7, 11) is 0. The van der Waals surface area contributed by atoms with E-state index < -0.39 is 29.8 Å². The third kappa shape index (κ3) is 5.19. The van der Waals surface area contributed by atoms with Gasteiger partial charge in [0, 0.05) is 6.54 Å². The van der Waals surface area contributed by atoms with E-state index in [1.165, 1.54) is 4.90 Å². The van der Waals surface area contributed by atoms with Gasteiger partial charge in [0.25, 0.3) is 0 Å². The van der Waals surface area contributed by atoms with Crippen molar-refractivity contribution in [3.63, 3.8) is 0 Å². The third-order valence-electron chi connectivity index (χ3n) is 3.30. The van der Waals surface area contributed by atoms with E-state index in [0.717, 1.165) is 6.42 Å². The average Bonchev–Trinajstić information content (AvgIpc) is 2.72. The van der Waals surface area contributed by atoms with Crippen LogP contribution in [0, 0.1) is 0 Å². The molecule has 0 bridgehead atoms. The number of hydrogen-bond acceptors (Lipinski definition) is 4. The number of aliphatic carboxylic acids is 1. The van der Waals surface area contributed by atoms with Gasteiger partial charge in [0.2, 0.25) is 0 Å². The van der Waals surface area contributed by atoms with Gasteiger partial charge in [-0.05, 0) is 47.0 Å². The second-order valence-electron chi connectivity index (χ2n) is 6.52. The normalized spacial score (nSPS) is 23.7. The molecule has 0 spiro atoms. The summed E-state index contributed by atoms with van der Waals surface area (Å²) in [5, 5.41) is 9.53. The Balaban J connectivity index is 2.92. The SMILES string of the molecule is CCCN(C(=O)OC(C)(C)C)C(C(=O)O)C1CCC(C)O1. The molecule has 0 radical (unpaired) electrons. The molecule has 0 aliphatic carbocycles. The number of carbonyl (C=O) groups is 2. The van der Waals surface area contributed by atoms with Gasteiger partial charge in [0.1, 0.15) is 5.60 Å². The van der Waals surface area contributed by atoms with E-state index in [2.05, 4.69) is 0 Å². The van der Waals surface area contributed by atoms with Gasteiger partial charge in [-0.15, -0.1) is 0 Å². The lowest BCUT2D eigenvalue weighted by molar-refractivity contribution is -0.149. The zero-order chi connectivity index (χ0) is 16.2. The first-order chi connectivity index (χ1) is 9.65. The summed E-state index contributed by atoms with van der Waals surface area (Å²) in [6, 6.07) is -0.996. The van der Waals surface area contributed by atoms with Crippen molar-refractivity contribution in [3.05, 3.63) is 0 Å². The van der Waals surface area contributed by atoms with Crippen LogP contribution < -0.4 is 0 Å². The van der Waals surface area contributed by atoms with Gasteiger partial charge in [-0.2, -0.15) is 0 Å². The first-order valence-electron chi connectivity index (χ1n) is 7.53. The maximum atomic E-state index is 12.3. The fourth-order valence-corrected chi connectivity index (χ4v) is 2.46. The number of carbonyl (C=O) groups excluding carboxylic acids is 1. The minimum Gasteiger partial charge on any atom is -0.480 e. The minimum atomic E-state index is -1.05. The van der Waals surface area contributed by atoms with Crippen LogP contribution in [-0.4, -0.2) is 52.5 Å². The fourth-order valence-electron chi connectivity index (χ4n) is 2.46. The largest absolute Gasteiger partial charge is 0.480 e. The number of carboxylic acid groups (broad SMARTS) is 1. The Morgan fingerprint density at radius 1 is 1.38 bits per heavy atom. The van der Waals surface area contributed by atoms with E-state index in [0.29, 0.717) is 19.4 Å². The van der Waals surface area contributed by atoms with Crippen LogP contribution in [0.2, 0.25) is 0 Å². The van der Waals surface area contributed by atoms with Gasteiger partial charge in [0.05, 0.1) is 12.2 Å². The second kappa shape index (κ2) is 7.11. The van der Waals surface area contributed by atoms with Crippen LogP contribution in [0.1, 0.15) is 53.9 Å². The first-order valence-corrected chi connectivity index (χ1v) is 7.53.